The molecule has 4 heterocycles. The number of aromatic amines is 1. The molecule has 3 aliphatic heterocycles. The van der Waals surface area contributed by atoms with Crippen LogP contribution in [0.25, 0.3) is 0 Å². The molecule has 0 aromatic carbocycles. The molecule has 3 saturated heterocycles. The Morgan fingerprint density at radius 3 is 2.59 bits per heavy atom. The monoisotopic (exact) mass is 314 g/mol. The highest BCUT2D eigenvalue weighted by molar-refractivity contribution is 9.10. The van der Waals surface area contributed by atoms with Crippen LogP contribution in [-0.4, -0.2) is 52.5 Å². The first kappa shape index (κ1) is 11.8. The predicted molar refractivity (Wildman–Crippen MR) is 72.6 cm³/mol. The Hall–Kier alpha value is -0.300. The van der Waals surface area contributed by atoms with Gasteiger partial charge >= 0.3 is 0 Å². The highest BCUT2D eigenvalue weighted by Crippen LogP contribution is 2.27. The minimum Gasteiger partial charge on any atom is -0.345 e. The summed E-state index contributed by atoms with van der Waals surface area (Å²) in [6.07, 6.45) is 0. The van der Waals surface area contributed by atoms with Crippen molar-refractivity contribution in [3.8, 4) is 0 Å². The molecule has 1 aromatic rings. The summed E-state index contributed by atoms with van der Waals surface area (Å²) in [5.41, 5.74) is 1.07. The number of H-pyrrole nitrogens is 1. The number of aryl methyl sites for hydroxylation is 1. The van der Waals surface area contributed by atoms with E-state index in [1.165, 1.54) is 13.1 Å². The van der Waals surface area contributed by atoms with E-state index in [9.17, 15) is 0 Å². The van der Waals surface area contributed by atoms with Crippen LogP contribution in [0, 0.1) is 11.6 Å². The number of halogens is 1. The number of hydrogen-bond donors (Lipinski definition) is 1. The SMILES string of the molecule is Cc1[nH]c(C2CN3CCN2CC3)nc(=S)c1Br. The molecule has 4 rings (SSSR count). The Bertz CT molecular complexity index is 493. The van der Waals surface area contributed by atoms with Crippen LogP contribution < -0.4 is 0 Å². The van der Waals surface area contributed by atoms with E-state index in [-0.39, 0.29) is 0 Å². The van der Waals surface area contributed by atoms with Crippen molar-refractivity contribution in [1.29, 1.82) is 0 Å². The maximum atomic E-state index is 5.27. The first-order valence-corrected chi connectivity index (χ1v) is 7.08. The third-order valence-corrected chi connectivity index (χ3v) is 5.18. The lowest BCUT2D eigenvalue weighted by molar-refractivity contribution is 0.00852. The maximum absolute atomic E-state index is 5.27. The molecule has 1 aromatic heterocycles. The van der Waals surface area contributed by atoms with Crippen molar-refractivity contribution >= 4 is 28.1 Å². The molecule has 0 aliphatic carbocycles. The molecule has 0 radical (unpaired) electrons. The van der Waals surface area contributed by atoms with Gasteiger partial charge in [0.15, 0.2) is 0 Å². The van der Waals surface area contributed by atoms with Crippen LogP contribution in [0.1, 0.15) is 17.6 Å². The molecule has 3 aliphatic rings. The van der Waals surface area contributed by atoms with E-state index in [1.807, 2.05) is 6.92 Å². The fourth-order valence-corrected chi connectivity index (χ4v) is 3.07. The summed E-state index contributed by atoms with van der Waals surface area (Å²) in [4.78, 5) is 12.9. The van der Waals surface area contributed by atoms with Gasteiger partial charge in [0.25, 0.3) is 0 Å². The van der Waals surface area contributed by atoms with Crippen molar-refractivity contribution < 1.29 is 0 Å². The highest BCUT2D eigenvalue weighted by atomic mass is 79.9. The van der Waals surface area contributed by atoms with Crippen LogP contribution in [0.2, 0.25) is 0 Å². The number of hydrogen-bond acceptors (Lipinski definition) is 4. The molecule has 2 bridgehead atoms. The maximum Gasteiger partial charge on any atom is 0.144 e. The van der Waals surface area contributed by atoms with Crippen molar-refractivity contribution in [3.05, 3.63) is 20.6 Å². The first-order valence-electron chi connectivity index (χ1n) is 5.88. The number of fused-ring (bicyclic) bond motifs is 3. The van der Waals surface area contributed by atoms with Gasteiger partial charge in [-0.3, -0.25) is 9.80 Å². The molecule has 17 heavy (non-hydrogen) atoms. The molecule has 1 N–H and O–H groups in total. The molecular weight excluding hydrogens is 300 g/mol. The van der Waals surface area contributed by atoms with Gasteiger partial charge in [-0.2, -0.15) is 0 Å². The van der Waals surface area contributed by atoms with Crippen LogP contribution in [0.5, 0.6) is 0 Å². The van der Waals surface area contributed by atoms with Crippen LogP contribution >= 0.6 is 28.1 Å². The lowest BCUT2D eigenvalue weighted by Gasteiger charge is -2.46. The van der Waals surface area contributed by atoms with Gasteiger partial charge < -0.3 is 4.98 Å². The van der Waals surface area contributed by atoms with E-state index in [0.29, 0.717) is 10.7 Å². The number of aromatic nitrogens is 2. The van der Waals surface area contributed by atoms with Crippen molar-refractivity contribution in [3.63, 3.8) is 0 Å². The highest BCUT2D eigenvalue weighted by Gasteiger charge is 2.34. The summed E-state index contributed by atoms with van der Waals surface area (Å²) in [6.45, 7) is 7.75. The van der Waals surface area contributed by atoms with Gasteiger partial charge in [0, 0.05) is 38.4 Å². The molecule has 92 valence electrons. The fourth-order valence-electron chi connectivity index (χ4n) is 2.63. The molecule has 3 fully saturated rings. The number of nitrogens with one attached hydrogen (secondary N) is 1. The van der Waals surface area contributed by atoms with Crippen LogP contribution in [0.4, 0.5) is 0 Å². The van der Waals surface area contributed by atoms with Gasteiger partial charge in [-0.1, -0.05) is 12.2 Å². The van der Waals surface area contributed by atoms with E-state index in [2.05, 4.69) is 35.7 Å². The minimum absolute atomic E-state index is 0.381. The number of piperazine rings is 3. The van der Waals surface area contributed by atoms with Gasteiger partial charge in [-0.05, 0) is 22.9 Å². The second kappa shape index (κ2) is 4.42. The fraction of sp³-hybridized carbons (Fsp3) is 0.636. The van der Waals surface area contributed by atoms with E-state index in [4.69, 9.17) is 12.2 Å². The Balaban J connectivity index is 1.97. The Morgan fingerprint density at radius 1 is 1.35 bits per heavy atom. The summed E-state index contributed by atoms with van der Waals surface area (Å²) >= 11 is 8.73. The Kier molecular flexibility index (Phi) is 3.06. The minimum atomic E-state index is 0.381. The lowest BCUT2D eigenvalue weighted by atomic mass is 10.1. The summed E-state index contributed by atoms with van der Waals surface area (Å²) in [5, 5.41) is 0. The Labute approximate surface area is 114 Å². The molecule has 0 spiro atoms. The van der Waals surface area contributed by atoms with Gasteiger partial charge in [0.1, 0.15) is 10.5 Å². The van der Waals surface area contributed by atoms with Gasteiger partial charge in [-0.15, -0.1) is 0 Å². The summed E-state index contributed by atoms with van der Waals surface area (Å²) in [5.74, 6) is 1.01. The average molecular weight is 315 g/mol. The summed E-state index contributed by atoms with van der Waals surface area (Å²) in [7, 11) is 0. The third kappa shape index (κ3) is 2.07. The Morgan fingerprint density at radius 2 is 2.06 bits per heavy atom. The zero-order valence-electron chi connectivity index (χ0n) is 9.74. The lowest BCUT2D eigenvalue weighted by Crippen LogP contribution is -2.57. The summed E-state index contributed by atoms with van der Waals surface area (Å²) in [6, 6.07) is 0.381. The van der Waals surface area contributed by atoms with Crippen LogP contribution in [-0.2, 0) is 0 Å². The van der Waals surface area contributed by atoms with E-state index >= 15 is 0 Å². The van der Waals surface area contributed by atoms with Crippen molar-refractivity contribution in [1.82, 2.24) is 19.8 Å². The smallest absolute Gasteiger partial charge is 0.144 e. The van der Waals surface area contributed by atoms with Crippen molar-refractivity contribution in [2.45, 2.75) is 13.0 Å². The zero-order valence-corrected chi connectivity index (χ0v) is 12.1. The second-order valence-corrected chi connectivity index (χ2v) is 5.90. The second-order valence-electron chi connectivity index (χ2n) is 4.72. The quantitative estimate of drug-likeness (QED) is 0.803. The third-order valence-electron chi connectivity index (χ3n) is 3.65. The van der Waals surface area contributed by atoms with Gasteiger partial charge in [-0.25, -0.2) is 4.98 Å². The molecule has 0 saturated carbocycles. The molecule has 1 unspecified atom stereocenters. The average Bonchev–Trinajstić information content (AvgIpc) is 2.36. The molecule has 1 atom stereocenters. The van der Waals surface area contributed by atoms with E-state index < -0.39 is 0 Å². The van der Waals surface area contributed by atoms with Crippen molar-refractivity contribution in [2.75, 3.05) is 32.7 Å². The largest absolute Gasteiger partial charge is 0.345 e. The molecule has 6 heteroatoms. The molecule has 4 nitrogen and oxygen atoms in total. The topological polar surface area (TPSA) is 35.2 Å². The molecular formula is C11H15BrN4S. The van der Waals surface area contributed by atoms with E-state index in [0.717, 1.165) is 35.6 Å². The van der Waals surface area contributed by atoms with Crippen molar-refractivity contribution in [2.24, 2.45) is 0 Å². The normalized spacial score (nSPS) is 31.8. The van der Waals surface area contributed by atoms with Crippen LogP contribution in [0.15, 0.2) is 4.47 Å². The zero-order chi connectivity index (χ0) is 12.0. The number of nitrogens with zero attached hydrogens (tertiary/aromatic N) is 3. The first-order chi connectivity index (χ1) is 8.15. The van der Waals surface area contributed by atoms with Gasteiger partial charge in [0.2, 0.25) is 0 Å². The predicted octanol–water partition coefficient (Wildman–Crippen LogP) is 1.88. The standard InChI is InChI=1S/C11H15BrN4S/c1-7-9(12)11(17)14-10(13-7)8-6-15-2-4-16(8)5-3-15/h8H,2-6H2,1H3,(H,13,14,17). The summed E-state index contributed by atoms with van der Waals surface area (Å²) < 4.78 is 1.57. The number of rotatable bonds is 1. The van der Waals surface area contributed by atoms with Gasteiger partial charge in [0.05, 0.1) is 10.5 Å². The molecule has 0 amide bonds. The van der Waals surface area contributed by atoms with E-state index in [1.54, 1.807) is 0 Å². The van der Waals surface area contributed by atoms with Crippen LogP contribution in [0.3, 0.4) is 0 Å².